The van der Waals surface area contributed by atoms with Crippen molar-refractivity contribution in [3.63, 3.8) is 0 Å². The third-order valence-corrected chi connectivity index (χ3v) is 5.26. The summed E-state index contributed by atoms with van der Waals surface area (Å²) in [6.07, 6.45) is -0.696. The first-order chi connectivity index (χ1) is 14.6. The second-order valence-corrected chi connectivity index (χ2v) is 8.38. The molecule has 2 rings (SSSR count). The highest BCUT2D eigenvalue weighted by Gasteiger charge is 2.35. The standard InChI is InChI=1S/C22H35N5O4/c1-14(2)31-22(30)26-13-15(3)27(16(4)28)19-8-7-17(9-20(19)26)18(10-23)11-24-12-21(29)25(5)6/h7-9,14-15,18,24H,10-13,23H2,1-6H3/t15-,18?/m0/s1. The average Bonchev–Trinajstić information content (AvgIpc) is 2.69. The highest BCUT2D eigenvalue weighted by atomic mass is 16.6. The Kier molecular flexibility index (Phi) is 8.41. The number of fused-ring (bicyclic) bond motifs is 1. The van der Waals surface area contributed by atoms with Gasteiger partial charge in [-0.2, -0.15) is 0 Å². The number of nitrogens with two attached hydrogens (primary N) is 1. The summed E-state index contributed by atoms with van der Waals surface area (Å²) in [5.74, 6) is -0.166. The average molecular weight is 434 g/mol. The monoisotopic (exact) mass is 433 g/mol. The number of rotatable bonds is 7. The molecule has 1 aromatic rings. The van der Waals surface area contributed by atoms with Gasteiger partial charge >= 0.3 is 6.09 Å². The zero-order valence-electron chi connectivity index (χ0n) is 19.3. The Bertz CT molecular complexity index is 811. The molecule has 0 fully saturated rings. The van der Waals surface area contributed by atoms with Crippen molar-refractivity contribution in [2.75, 3.05) is 50.1 Å². The molecule has 0 aliphatic carbocycles. The molecule has 9 nitrogen and oxygen atoms in total. The summed E-state index contributed by atoms with van der Waals surface area (Å²) in [5.41, 5.74) is 8.23. The minimum Gasteiger partial charge on any atom is -0.446 e. The van der Waals surface area contributed by atoms with Gasteiger partial charge < -0.3 is 25.6 Å². The molecule has 3 amide bonds. The van der Waals surface area contributed by atoms with E-state index >= 15 is 0 Å². The van der Waals surface area contributed by atoms with Crippen LogP contribution in [0.2, 0.25) is 0 Å². The van der Waals surface area contributed by atoms with Crippen molar-refractivity contribution in [3.05, 3.63) is 23.8 Å². The van der Waals surface area contributed by atoms with E-state index in [1.807, 2.05) is 25.1 Å². The summed E-state index contributed by atoms with van der Waals surface area (Å²) in [4.78, 5) is 41.7. The van der Waals surface area contributed by atoms with E-state index in [4.69, 9.17) is 10.5 Å². The van der Waals surface area contributed by atoms with Gasteiger partial charge in [-0.15, -0.1) is 0 Å². The van der Waals surface area contributed by atoms with E-state index in [1.165, 1.54) is 11.8 Å². The van der Waals surface area contributed by atoms with Gasteiger partial charge in [0, 0.05) is 46.6 Å². The highest BCUT2D eigenvalue weighted by Crippen LogP contribution is 2.38. The lowest BCUT2D eigenvalue weighted by Gasteiger charge is -2.40. The molecule has 0 bridgehead atoms. The summed E-state index contributed by atoms with van der Waals surface area (Å²) in [5, 5.41) is 3.15. The van der Waals surface area contributed by atoms with Gasteiger partial charge in [-0.05, 0) is 38.5 Å². The van der Waals surface area contributed by atoms with Crippen LogP contribution < -0.4 is 20.9 Å². The van der Waals surface area contributed by atoms with Crippen LogP contribution in [0.15, 0.2) is 18.2 Å². The molecule has 1 aliphatic heterocycles. The lowest BCUT2D eigenvalue weighted by Crippen LogP contribution is -2.51. The fourth-order valence-corrected chi connectivity index (χ4v) is 3.66. The molecule has 31 heavy (non-hydrogen) atoms. The maximum atomic E-state index is 12.8. The third kappa shape index (κ3) is 5.95. The smallest absolute Gasteiger partial charge is 0.414 e. The van der Waals surface area contributed by atoms with Crippen molar-refractivity contribution in [2.45, 2.75) is 45.8 Å². The van der Waals surface area contributed by atoms with E-state index in [-0.39, 0.29) is 36.4 Å². The summed E-state index contributed by atoms with van der Waals surface area (Å²) in [6.45, 7) is 8.46. The largest absolute Gasteiger partial charge is 0.446 e. The van der Waals surface area contributed by atoms with Gasteiger partial charge in [-0.3, -0.25) is 14.5 Å². The molecule has 9 heteroatoms. The fraction of sp³-hybridized carbons (Fsp3) is 0.591. The molecule has 1 heterocycles. The van der Waals surface area contributed by atoms with Crippen molar-refractivity contribution in [2.24, 2.45) is 5.73 Å². The number of carbonyl (C=O) groups excluding carboxylic acids is 3. The number of nitrogens with zero attached hydrogens (tertiary/aromatic N) is 3. The zero-order chi connectivity index (χ0) is 23.3. The van der Waals surface area contributed by atoms with Crippen LogP contribution in [0.4, 0.5) is 16.2 Å². The number of amides is 3. The highest BCUT2D eigenvalue weighted by molar-refractivity contribution is 6.02. The van der Waals surface area contributed by atoms with E-state index in [1.54, 1.807) is 37.7 Å². The van der Waals surface area contributed by atoms with Crippen molar-refractivity contribution in [3.8, 4) is 0 Å². The molecule has 2 atom stereocenters. The topological polar surface area (TPSA) is 108 Å². The first-order valence-electron chi connectivity index (χ1n) is 10.6. The molecular formula is C22H35N5O4. The Labute approximate surface area is 184 Å². The van der Waals surface area contributed by atoms with E-state index in [0.29, 0.717) is 31.0 Å². The summed E-state index contributed by atoms with van der Waals surface area (Å²) in [7, 11) is 3.42. The number of likely N-dealkylation sites (N-methyl/N-ethyl adjacent to an activating group) is 1. The second kappa shape index (κ2) is 10.6. The Balaban J connectivity index is 2.35. The van der Waals surface area contributed by atoms with Crippen molar-refractivity contribution in [1.82, 2.24) is 10.2 Å². The molecule has 3 N–H and O–H groups in total. The molecule has 0 aromatic heterocycles. The summed E-state index contributed by atoms with van der Waals surface area (Å²) >= 11 is 0. The molecule has 1 unspecified atom stereocenters. The Morgan fingerprint density at radius 2 is 1.94 bits per heavy atom. The quantitative estimate of drug-likeness (QED) is 0.675. The zero-order valence-corrected chi connectivity index (χ0v) is 19.3. The number of ether oxygens (including phenoxy) is 1. The summed E-state index contributed by atoms with van der Waals surface area (Å²) in [6, 6.07) is 5.49. The molecule has 0 spiro atoms. The van der Waals surface area contributed by atoms with Crippen molar-refractivity contribution >= 4 is 29.3 Å². The second-order valence-electron chi connectivity index (χ2n) is 8.38. The van der Waals surface area contributed by atoms with Crippen LogP contribution in [0.5, 0.6) is 0 Å². The van der Waals surface area contributed by atoms with Gasteiger partial charge in [0.25, 0.3) is 0 Å². The normalized spacial score (nSPS) is 16.7. The van der Waals surface area contributed by atoms with E-state index in [9.17, 15) is 14.4 Å². The van der Waals surface area contributed by atoms with Gasteiger partial charge in [0.2, 0.25) is 11.8 Å². The maximum Gasteiger partial charge on any atom is 0.414 e. The van der Waals surface area contributed by atoms with Crippen LogP contribution in [0.1, 0.15) is 39.2 Å². The molecular weight excluding hydrogens is 398 g/mol. The van der Waals surface area contributed by atoms with Crippen LogP contribution in [0.3, 0.4) is 0 Å². The minimum absolute atomic E-state index is 0.0186. The number of anilines is 2. The fourth-order valence-electron chi connectivity index (χ4n) is 3.66. The minimum atomic E-state index is -0.442. The number of hydrogen-bond acceptors (Lipinski definition) is 6. The van der Waals surface area contributed by atoms with Crippen LogP contribution in [0, 0.1) is 0 Å². The van der Waals surface area contributed by atoms with Gasteiger partial charge in [0.05, 0.1) is 30.1 Å². The Morgan fingerprint density at radius 3 is 2.48 bits per heavy atom. The number of carbonyl (C=O) groups is 3. The van der Waals surface area contributed by atoms with Crippen LogP contribution in [0.25, 0.3) is 0 Å². The molecule has 0 radical (unpaired) electrons. The molecule has 0 saturated carbocycles. The lowest BCUT2D eigenvalue weighted by molar-refractivity contribution is -0.127. The van der Waals surface area contributed by atoms with Gasteiger partial charge in [-0.25, -0.2) is 4.79 Å². The number of nitrogens with one attached hydrogen (secondary N) is 1. The first-order valence-corrected chi connectivity index (χ1v) is 10.6. The molecule has 1 aliphatic rings. The number of hydrogen-bond donors (Lipinski definition) is 2. The van der Waals surface area contributed by atoms with Crippen molar-refractivity contribution in [1.29, 1.82) is 0 Å². The maximum absolute atomic E-state index is 12.8. The van der Waals surface area contributed by atoms with E-state index in [0.717, 1.165) is 5.56 Å². The third-order valence-electron chi connectivity index (χ3n) is 5.26. The molecule has 1 aromatic carbocycles. The van der Waals surface area contributed by atoms with Crippen LogP contribution in [-0.2, 0) is 14.3 Å². The Morgan fingerprint density at radius 1 is 1.26 bits per heavy atom. The molecule has 172 valence electrons. The predicted molar refractivity (Wildman–Crippen MR) is 121 cm³/mol. The van der Waals surface area contributed by atoms with Gasteiger partial charge in [0.1, 0.15) is 0 Å². The predicted octanol–water partition coefficient (Wildman–Crippen LogP) is 1.51. The SMILES string of the molecule is CC(=O)N1c2ccc(C(CN)CNCC(=O)N(C)C)cc2N(C(=O)OC(C)C)C[C@@H]1C. The van der Waals surface area contributed by atoms with Gasteiger partial charge in [-0.1, -0.05) is 6.07 Å². The van der Waals surface area contributed by atoms with Gasteiger partial charge in [0.15, 0.2) is 0 Å². The number of benzene rings is 1. The van der Waals surface area contributed by atoms with E-state index < -0.39 is 6.09 Å². The lowest BCUT2D eigenvalue weighted by atomic mass is 9.96. The van der Waals surface area contributed by atoms with Crippen LogP contribution >= 0.6 is 0 Å². The Hall–Kier alpha value is -2.65. The van der Waals surface area contributed by atoms with Crippen molar-refractivity contribution < 1.29 is 19.1 Å². The molecule has 0 saturated heterocycles. The van der Waals surface area contributed by atoms with E-state index in [2.05, 4.69) is 5.32 Å². The first kappa shape index (κ1) is 24.6. The summed E-state index contributed by atoms with van der Waals surface area (Å²) < 4.78 is 5.44. The van der Waals surface area contributed by atoms with Crippen LogP contribution in [-0.4, -0.2) is 75.2 Å².